The van der Waals surface area contributed by atoms with E-state index in [-0.39, 0.29) is 0 Å². The topological polar surface area (TPSA) is 15.3 Å². The van der Waals surface area contributed by atoms with E-state index in [2.05, 4.69) is 101 Å². The van der Waals surface area contributed by atoms with Crippen molar-refractivity contribution in [1.82, 2.24) is 10.2 Å². The third-order valence-corrected chi connectivity index (χ3v) is 8.48. The summed E-state index contributed by atoms with van der Waals surface area (Å²) in [4.78, 5) is 2.94. The summed E-state index contributed by atoms with van der Waals surface area (Å²) in [6.07, 6.45) is 5.56. The van der Waals surface area contributed by atoms with Gasteiger partial charge in [0.25, 0.3) is 0 Å². The van der Waals surface area contributed by atoms with E-state index < -0.39 is 0 Å². The van der Waals surface area contributed by atoms with E-state index in [4.69, 9.17) is 0 Å². The van der Waals surface area contributed by atoms with Crippen LogP contribution < -0.4 is 5.32 Å². The lowest BCUT2D eigenvalue weighted by Crippen LogP contribution is -2.69. The molecule has 4 aliphatic rings. The molecular weight excluding hydrogens is 388 g/mol. The highest BCUT2D eigenvalue weighted by atomic mass is 15.3. The number of benzene rings is 3. The standard InChI is InChI=1S/C30H34N2/c1-4-11-22(12-5-1)21-31-29-26-19-20-32(27-18-10-17-25(26)27)30(29)28(23-13-6-2-7-14-23)24-15-8-3-9-16-24/h1-9,11-16,25-31H,10,17-21H2. The van der Waals surface area contributed by atoms with Crippen LogP contribution in [0.1, 0.15) is 48.3 Å². The molecule has 0 spiro atoms. The first-order valence-corrected chi connectivity index (χ1v) is 12.5. The number of piperidine rings is 3. The molecule has 3 aromatic carbocycles. The maximum absolute atomic E-state index is 4.11. The molecule has 1 aliphatic carbocycles. The Kier molecular flexibility index (Phi) is 5.58. The van der Waals surface area contributed by atoms with E-state index in [9.17, 15) is 0 Å². The Bertz CT molecular complexity index is 963. The molecule has 164 valence electrons. The molecule has 32 heavy (non-hydrogen) atoms. The van der Waals surface area contributed by atoms with Crippen LogP contribution in [0.2, 0.25) is 0 Å². The summed E-state index contributed by atoms with van der Waals surface area (Å²) in [5.41, 5.74) is 4.30. The largest absolute Gasteiger partial charge is 0.308 e. The highest BCUT2D eigenvalue weighted by molar-refractivity contribution is 5.36. The molecular formula is C30H34N2. The smallest absolute Gasteiger partial charge is 0.0364 e. The lowest BCUT2D eigenvalue weighted by atomic mass is 9.64. The number of rotatable bonds is 6. The molecule has 2 heteroatoms. The Balaban J connectivity index is 1.41. The van der Waals surface area contributed by atoms with Gasteiger partial charge in [-0.2, -0.15) is 0 Å². The van der Waals surface area contributed by atoms with Crippen LogP contribution in [0, 0.1) is 11.8 Å². The maximum Gasteiger partial charge on any atom is 0.0364 e. The van der Waals surface area contributed by atoms with Crippen molar-refractivity contribution in [2.24, 2.45) is 11.8 Å². The monoisotopic (exact) mass is 422 g/mol. The summed E-state index contributed by atoms with van der Waals surface area (Å²) in [7, 11) is 0. The van der Waals surface area contributed by atoms with Crippen molar-refractivity contribution >= 4 is 0 Å². The average Bonchev–Trinajstić information content (AvgIpc) is 3.37. The normalized spacial score (nSPS) is 31.0. The van der Waals surface area contributed by atoms with Gasteiger partial charge in [-0.05, 0) is 54.3 Å². The van der Waals surface area contributed by atoms with Crippen molar-refractivity contribution in [1.29, 1.82) is 0 Å². The predicted molar refractivity (Wildman–Crippen MR) is 132 cm³/mol. The van der Waals surface area contributed by atoms with Crippen molar-refractivity contribution in [2.75, 3.05) is 6.54 Å². The predicted octanol–water partition coefficient (Wildman–Crippen LogP) is 5.85. The second-order valence-electron chi connectivity index (χ2n) is 10.0. The molecule has 4 fully saturated rings. The minimum Gasteiger partial charge on any atom is -0.308 e. The van der Waals surface area contributed by atoms with Crippen molar-refractivity contribution in [3.63, 3.8) is 0 Å². The number of fused-ring (bicyclic) bond motifs is 2. The zero-order valence-corrected chi connectivity index (χ0v) is 18.8. The van der Waals surface area contributed by atoms with Gasteiger partial charge in [0.15, 0.2) is 0 Å². The molecule has 3 saturated heterocycles. The highest BCUT2D eigenvalue weighted by Gasteiger charge is 2.55. The fourth-order valence-corrected chi connectivity index (χ4v) is 7.24. The Morgan fingerprint density at radius 3 is 2.00 bits per heavy atom. The van der Waals surface area contributed by atoms with Gasteiger partial charge in [0.05, 0.1) is 0 Å². The van der Waals surface area contributed by atoms with E-state index in [1.165, 1.54) is 48.9 Å². The van der Waals surface area contributed by atoms with Crippen molar-refractivity contribution in [2.45, 2.75) is 56.3 Å². The van der Waals surface area contributed by atoms with Gasteiger partial charge in [-0.3, -0.25) is 4.90 Å². The fraction of sp³-hybridized carbons (Fsp3) is 0.400. The SMILES string of the molecule is c1ccc(CNC2C3CCN(C4CCCC34)C2C(c2ccccc2)c2ccccc2)cc1. The van der Waals surface area contributed by atoms with Crippen LogP contribution in [0.4, 0.5) is 0 Å². The van der Waals surface area contributed by atoms with Crippen molar-refractivity contribution < 1.29 is 0 Å². The summed E-state index contributed by atoms with van der Waals surface area (Å²) < 4.78 is 0. The molecule has 3 aliphatic heterocycles. The summed E-state index contributed by atoms with van der Waals surface area (Å²) >= 11 is 0. The molecule has 3 heterocycles. The van der Waals surface area contributed by atoms with Gasteiger partial charge in [-0.15, -0.1) is 0 Å². The lowest BCUT2D eigenvalue weighted by molar-refractivity contribution is -0.0705. The first-order chi connectivity index (χ1) is 15.9. The summed E-state index contributed by atoms with van der Waals surface area (Å²) in [6, 6.07) is 35.3. The average molecular weight is 423 g/mol. The van der Waals surface area contributed by atoms with Crippen LogP contribution in [-0.4, -0.2) is 29.6 Å². The van der Waals surface area contributed by atoms with Crippen LogP contribution in [0.25, 0.3) is 0 Å². The summed E-state index contributed by atoms with van der Waals surface area (Å²) in [5, 5.41) is 4.11. The molecule has 6 unspecified atom stereocenters. The van der Waals surface area contributed by atoms with E-state index in [1.807, 2.05) is 0 Å². The third-order valence-electron chi connectivity index (χ3n) is 8.48. The zero-order chi connectivity index (χ0) is 21.3. The minimum absolute atomic E-state index is 0.398. The second-order valence-corrected chi connectivity index (χ2v) is 10.0. The number of hydrogen-bond acceptors (Lipinski definition) is 2. The molecule has 0 aromatic heterocycles. The van der Waals surface area contributed by atoms with Gasteiger partial charge in [0, 0.05) is 30.6 Å². The second kappa shape index (κ2) is 8.84. The Morgan fingerprint density at radius 1 is 0.719 bits per heavy atom. The molecule has 6 atom stereocenters. The van der Waals surface area contributed by atoms with Crippen molar-refractivity contribution in [3.8, 4) is 0 Å². The molecule has 0 radical (unpaired) electrons. The van der Waals surface area contributed by atoms with Crippen LogP contribution in [0.15, 0.2) is 91.0 Å². The van der Waals surface area contributed by atoms with Gasteiger partial charge in [0.2, 0.25) is 0 Å². The van der Waals surface area contributed by atoms with Gasteiger partial charge < -0.3 is 5.32 Å². The van der Waals surface area contributed by atoms with Crippen LogP contribution in [-0.2, 0) is 6.54 Å². The Hall–Kier alpha value is -2.42. The summed E-state index contributed by atoms with van der Waals surface area (Å²) in [5.74, 6) is 2.06. The molecule has 7 rings (SSSR count). The van der Waals surface area contributed by atoms with Gasteiger partial charge >= 0.3 is 0 Å². The third kappa shape index (κ3) is 3.60. The number of nitrogens with zero attached hydrogens (tertiary/aromatic N) is 1. The maximum atomic E-state index is 4.11. The molecule has 1 N–H and O–H groups in total. The highest BCUT2D eigenvalue weighted by Crippen LogP contribution is 2.52. The Labute approximate surface area is 192 Å². The van der Waals surface area contributed by atoms with Gasteiger partial charge in [-0.1, -0.05) is 97.4 Å². The van der Waals surface area contributed by atoms with Crippen LogP contribution >= 0.6 is 0 Å². The molecule has 2 bridgehead atoms. The zero-order valence-electron chi connectivity index (χ0n) is 18.8. The van der Waals surface area contributed by atoms with E-state index in [0.717, 1.165) is 24.4 Å². The lowest BCUT2D eigenvalue weighted by Gasteiger charge is -2.60. The van der Waals surface area contributed by atoms with E-state index >= 15 is 0 Å². The number of nitrogens with one attached hydrogen (secondary N) is 1. The molecule has 3 aromatic rings. The van der Waals surface area contributed by atoms with Crippen LogP contribution in [0.5, 0.6) is 0 Å². The molecule has 2 nitrogen and oxygen atoms in total. The molecule has 1 saturated carbocycles. The quantitative estimate of drug-likeness (QED) is 0.536. The van der Waals surface area contributed by atoms with E-state index in [1.54, 1.807) is 0 Å². The van der Waals surface area contributed by atoms with E-state index in [0.29, 0.717) is 18.0 Å². The van der Waals surface area contributed by atoms with Crippen molar-refractivity contribution in [3.05, 3.63) is 108 Å². The summed E-state index contributed by atoms with van der Waals surface area (Å²) in [6.45, 7) is 2.22. The fourth-order valence-electron chi connectivity index (χ4n) is 7.24. The number of hydrogen-bond donors (Lipinski definition) is 1. The minimum atomic E-state index is 0.398. The van der Waals surface area contributed by atoms with Gasteiger partial charge in [-0.25, -0.2) is 0 Å². The molecule has 0 amide bonds. The van der Waals surface area contributed by atoms with Crippen LogP contribution in [0.3, 0.4) is 0 Å². The first-order valence-electron chi connectivity index (χ1n) is 12.5. The van der Waals surface area contributed by atoms with Gasteiger partial charge in [0.1, 0.15) is 0 Å². The Morgan fingerprint density at radius 2 is 1.34 bits per heavy atom. The first kappa shape index (κ1) is 20.2.